The molecule has 3 aromatic carbocycles. The molecule has 5 rings (SSSR count). The van der Waals surface area contributed by atoms with Crippen molar-refractivity contribution in [2.75, 3.05) is 33.3 Å². The fourth-order valence-electron chi connectivity index (χ4n) is 4.46. The second-order valence-corrected chi connectivity index (χ2v) is 8.84. The topological polar surface area (TPSA) is 72.2 Å². The lowest BCUT2D eigenvalue weighted by Crippen LogP contribution is -2.37. The summed E-state index contributed by atoms with van der Waals surface area (Å²) in [6, 6.07) is 22.4. The molecule has 0 atom stereocenters. The molecule has 2 heterocycles. The molecule has 0 aliphatic carbocycles. The van der Waals surface area contributed by atoms with E-state index in [1.165, 1.54) is 11.8 Å². The van der Waals surface area contributed by atoms with E-state index in [4.69, 9.17) is 13.9 Å². The third kappa shape index (κ3) is 5.26. The molecule has 0 unspecified atom stereocenters. The first kappa shape index (κ1) is 23.6. The van der Waals surface area contributed by atoms with E-state index in [0.717, 1.165) is 31.6 Å². The highest BCUT2D eigenvalue weighted by atomic mass is 16.6. The summed E-state index contributed by atoms with van der Waals surface area (Å²) in [5.74, 6) is 1.06. The minimum atomic E-state index is -0.395. The molecule has 1 aliphatic heterocycles. The third-order valence-electron chi connectivity index (χ3n) is 6.45. The fourth-order valence-corrected chi connectivity index (χ4v) is 4.46. The number of hydrogen-bond acceptors (Lipinski definition) is 6. The molecule has 184 valence electrons. The van der Waals surface area contributed by atoms with Gasteiger partial charge in [-0.25, -0.2) is 4.79 Å². The van der Waals surface area contributed by atoms with Gasteiger partial charge in [0.25, 0.3) is 0 Å². The van der Waals surface area contributed by atoms with Crippen LogP contribution in [0.1, 0.15) is 12.0 Å². The molecule has 0 saturated carbocycles. The van der Waals surface area contributed by atoms with Crippen LogP contribution in [0.2, 0.25) is 0 Å². The van der Waals surface area contributed by atoms with E-state index in [1.54, 1.807) is 42.3 Å². The van der Waals surface area contributed by atoms with Crippen molar-refractivity contribution in [2.24, 2.45) is 0 Å². The van der Waals surface area contributed by atoms with Gasteiger partial charge in [-0.1, -0.05) is 42.5 Å². The van der Waals surface area contributed by atoms with Gasteiger partial charge in [-0.05, 0) is 41.8 Å². The summed E-state index contributed by atoms with van der Waals surface area (Å²) < 4.78 is 16.6. The number of amides is 1. The van der Waals surface area contributed by atoms with Gasteiger partial charge in [0.05, 0.1) is 18.1 Å². The van der Waals surface area contributed by atoms with Crippen LogP contribution in [-0.4, -0.2) is 49.2 Å². The summed E-state index contributed by atoms with van der Waals surface area (Å²) >= 11 is 0. The lowest BCUT2D eigenvalue weighted by molar-refractivity contribution is 0.153. The number of rotatable bonds is 5. The van der Waals surface area contributed by atoms with Crippen molar-refractivity contribution >= 4 is 17.1 Å². The summed E-state index contributed by atoms with van der Waals surface area (Å²) in [5, 5.41) is 0.425. The van der Waals surface area contributed by atoms with Crippen molar-refractivity contribution in [3.63, 3.8) is 0 Å². The van der Waals surface area contributed by atoms with Gasteiger partial charge in [-0.2, -0.15) is 0 Å². The molecule has 1 saturated heterocycles. The van der Waals surface area contributed by atoms with Gasteiger partial charge in [-0.15, -0.1) is 0 Å². The molecule has 7 nitrogen and oxygen atoms in total. The van der Waals surface area contributed by atoms with Gasteiger partial charge in [0.2, 0.25) is 0 Å². The monoisotopic (exact) mass is 484 g/mol. The Morgan fingerprint density at radius 1 is 0.917 bits per heavy atom. The number of fused-ring (bicyclic) bond motifs is 1. The van der Waals surface area contributed by atoms with Crippen molar-refractivity contribution in [1.82, 2.24) is 9.80 Å². The Morgan fingerprint density at radius 2 is 1.69 bits per heavy atom. The zero-order valence-corrected chi connectivity index (χ0v) is 20.2. The molecule has 36 heavy (non-hydrogen) atoms. The van der Waals surface area contributed by atoms with E-state index in [-0.39, 0.29) is 5.43 Å². The molecule has 0 spiro atoms. The lowest BCUT2D eigenvalue weighted by atomic mass is 10.1. The number of carbonyl (C=O) groups excluding carboxylic acids is 1. The van der Waals surface area contributed by atoms with Crippen LogP contribution in [0.5, 0.6) is 11.5 Å². The van der Waals surface area contributed by atoms with Gasteiger partial charge in [0, 0.05) is 38.8 Å². The van der Waals surface area contributed by atoms with E-state index in [1.807, 2.05) is 30.3 Å². The molecule has 0 radical (unpaired) electrons. The molecule has 1 amide bonds. The third-order valence-corrected chi connectivity index (χ3v) is 6.45. The van der Waals surface area contributed by atoms with Crippen LogP contribution in [-0.2, 0) is 6.54 Å². The predicted molar refractivity (Wildman–Crippen MR) is 138 cm³/mol. The second-order valence-electron chi connectivity index (χ2n) is 8.84. The van der Waals surface area contributed by atoms with Gasteiger partial charge in [-0.3, -0.25) is 9.69 Å². The standard InChI is InChI=1S/C29H28N2O5/c1-34-23-10-8-22(9-11-23)26-20-35-27-18-24(12-13-25(27)28(26)32)36-29(33)31-15-5-14-30(16-17-31)19-21-6-3-2-4-7-21/h2-4,6-13,18,20H,5,14-17,19H2,1H3. The van der Waals surface area contributed by atoms with E-state index < -0.39 is 6.09 Å². The van der Waals surface area contributed by atoms with Gasteiger partial charge in [0.1, 0.15) is 23.3 Å². The van der Waals surface area contributed by atoms with Crippen LogP contribution >= 0.6 is 0 Å². The zero-order chi connectivity index (χ0) is 24.9. The normalized spacial score (nSPS) is 14.4. The fraction of sp³-hybridized carbons (Fsp3) is 0.241. The van der Waals surface area contributed by atoms with Crippen molar-refractivity contribution in [1.29, 1.82) is 0 Å². The Kier molecular flexibility index (Phi) is 7.00. The molecule has 1 aliphatic rings. The molecule has 7 heteroatoms. The Labute approximate surface area is 209 Å². The summed E-state index contributed by atoms with van der Waals surface area (Å²) in [4.78, 5) is 30.0. The first-order valence-corrected chi connectivity index (χ1v) is 12.0. The van der Waals surface area contributed by atoms with Crippen molar-refractivity contribution in [3.8, 4) is 22.6 Å². The number of ether oxygens (including phenoxy) is 2. The number of benzene rings is 3. The van der Waals surface area contributed by atoms with Crippen LogP contribution in [0.15, 0.2) is 88.3 Å². The second kappa shape index (κ2) is 10.7. The SMILES string of the molecule is COc1ccc(-c2coc3cc(OC(=O)N4CCCN(Cc5ccccc5)CC4)ccc3c2=O)cc1. The minimum absolute atomic E-state index is 0.148. The zero-order valence-electron chi connectivity index (χ0n) is 20.2. The average molecular weight is 485 g/mol. The van der Waals surface area contributed by atoms with Crippen molar-refractivity contribution < 1.29 is 18.7 Å². The Balaban J connectivity index is 1.25. The Hall–Kier alpha value is -4.10. The summed E-state index contributed by atoms with van der Waals surface area (Å²) in [5.41, 5.74) is 2.68. The molecular weight excluding hydrogens is 456 g/mol. The van der Waals surface area contributed by atoms with Gasteiger partial charge in [0.15, 0.2) is 5.43 Å². The highest BCUT2D eigenvalue weighted by Gasteiger charge is 2.21. The van der Waals surface area contributed by atoms with E-state index in [9.17, 15) is 9.59 Å². The smallest absolute Gasteiger partial charge is 0.415 e. The minimum Gasteiger partial charge on any atom is -0.497 e. The molecule has 0 N–H and O–H groups in total. The lowest BCUT2D eigenvalue weighted by Gasteiger charge is -2.21. The van der Waals surface area contributed by atoms with Crippen LogP contribution < -0.4 is 14.9 Å². The Bertz CT molecular complexity index is 1400. The van der Waals surface area contributed by atoms with E-state index in [0.29, 0.717) is 41.1 Å². The number of methoxy groups -OCH3 is 1. The van der Waals surface area contributed by atoms with Crippen molar-refractivity contribution in [3.05, 3.63) is 94.8 Å². The van der Waals surface area contributed by atoms with E-state index >= 15 is 0 Å². The highest BCUT2D eigenvalue weighted by molar-refractivity contribution is 5.83. The molecule has 0 bridgehead atoms. The van der Waals surface area contributed by atoms with Gasteiger partial charge >= 0.3 is 6.09 Å². The van der Waals surface area contributed by atoms with Gasteiger partial charge < -0.3 is 18.8 Å². The molecular formula is C29H28N2O5. The van der Waals surface area contributed by atoms with Crippen molar-refractivity contribution in [2.45, 2.75) is 13.0 Å². The average Bonchev–Trinajstić information content (AvgIpc) is 3.15. The first-order valence-electron chi connectivity index (χ1n) is 12.0. The Morgan fingerprint density at radius 3 is 2.47 bits per heavy atom. The maximum absolute atomic E-state index is 13.1. The summed E-state index contributed by atoms with van der Waals surface area (Å²) in [6.07, 6.45) is 1.92. The van der Waals surface area contributed by atoms with Crippen LogP contribution in [0, 0.1) is 0 Å². The largest absolute Gasteiger partial charge is 0.497 e. The van der Waals surface area contributed by atoms with Crippen LogP contribution in [0.4, 0.5) is 4.79 Å². The quantitative estimate of drug-likeness (QED) is 0.389. The molecule has 4 aromatic rings. The maximum atomic E-state index is 13.1. The predicted octanol–water partition coefficient (Wildman–Crippen LogP) is 5.18. The maximum Gasteiger partial charge on any atom is 0.415 e. The van der Waals surface area contributed by atoms with E-state index in [2.05, 4.69) is 17.0 Å². The van der Waals surface area contributed by atoms with Crippen LogP contribution in [0.25, 0.3) is 22.1 Å². The first-order chi connectivity index (χ1) is 17.6. The summed E-state index contributed by atoms with van der Waals surface area (Å²) in [6.45, 7) is 3.81. The highest BCUT2D eigenvalue weighted by Crippen LogP contribution is 2.25. The summed E-state index contributed by atoms with van der Waals surface area (Å²) in [7, 11) is 1.59. The molecule has 1 aromatic heterocycles. The van der Waals surface area contributed by atoms with Crippen LogP contribution in [0.3, 0.4) is 0 Å². The molecule has 1 fully saturated rings. The number of hydrogen-bond donors (Lipinski definition) is 0. The number of carbonyl (C=O) groups is 1. The number of nitrogens with zero attached hydrogens (tertiary/aromatic N) is 2.